The average Bonchev–Trinajstić information content (AvgIpc) is 2.34. The number of halogens is 1. The van der Waals surface area contributed by atoms with E-state index in [1.165, 1.54) is 0 Å². The summed E-state index contributed by atoms with van der Waals surface area (Å²) in [5, 5.41) is 20.9. The molecule has 0 aromatic rings. The fourth-order valence-electron chi connectivity index (χ4n) is 0.764. The summed E-state index contributed by atoms with van der Waals surface area (Å²) in [5.74, 6) is 0. The molecule has 0 amide bonds. The minimum atomic E-state index is -1.60. The molecule has 0 saturated carbocycles. The monoisotopic (exact) mass is 180 g/mol. The number of nitrogens with two attached hydrogens (primary N) is 1. The lowest BCUT2D eigenvalue weighted by molar-refractivity contribution is -0.0935. The van der Waals surface area contributed by atoms with Crippen molar-refractivity contribution in [2.45, 2.75) is 24.9 Å². The van der Waals surface area contributed by atoms with Gasteiger partial charge in [-0.15, -0.1) is 0 Å². The van der Waals surface area contributed by atoms with E-state index in [2.05, 4.69) is 5.16 Å². The molecule has 2 atom stereocenters. The van der Waals surface area contributed by atoms with Crippen LogP contribution in [0.4, 0.5) is 0 Å². The minimum Gasteiger partial charge on any atom is -0.389 e. The highest BCUT2D eigenvalue weighted by atomic mass is 35.5. The zero-order chi connectivity index (χ0) is 8.43. The van der Waals surface area contributed by atoms with Crippen LogP contribution in [0.25, 0.3) is 0 Å². The van der Waals surface area contributed by atoms with Gasteiger partial charge in [0, 0.05) is 6.42 Å². The topological polar surface area (TPSA) is 88.1 Å². The van der Waals surface area contributed by atoms with Crippen LogP contribution in [0, 0.1) is 0 Å². The molecule has 1 rings (SSSR count). The van der Waals surface area contributed by atoms with Gasteiger partial charge in [-0.2, -0.15) is 0 Å². The van der Waals surface area contributed by atoms with Crippen LogP contribution < -0.4 is 5.73 Å². The maximum Gasteiger partial charge on any atom is 0.170 e. The van der Waals surface area contributed by atoms with Crippen molar-refractivity contribution in [1.29, 1.82) is 0 Å². The van der Waals surface area contributed by atoms with Gasteiger partial charge in [-0.3, -0.25) is 0 Å². The van der Waals surface area contributed by atoms with E-state index in [9.17, 15) is 0 Å². The lowest BCUT2D eigenvalue weighted by atomic mass is 10.1. The molecule has 0 aliphatic carbocycles. The van der Waals surface area contributed by atoms with Gasteiger partial charge in [-0.25, -0.2) is 0 Å². The Balaban J connectivity index is 2.40. The number of oxime groups is 1. The highest BCUT2D eigenvalue weighted by Gasteiger charge is 2.30. The summed E-state index contributed by atoms with van der Waals surface area (Å²) in [6.45, 7) is 0. The standard InChI is InChI=1S/C5H9ClN2O3/c6-3-1-2(11-8-3)4(7)5(9)10/h2,4-5,9-10H,1,7H2/t2?,4-/m0/s1. The molecule has 1 aliphatic rings. The molecule has 5 nitrogen and oxygen atoms in total. The van der Waals surface area contributed by atoms with E-state index >= 15 is 0 Å². The van der Waals surface area contributed by atoms with Crippen molar-refractivity contribution in [1.82, 2.24) is 0 Å². The van der Waals surface area contributed by atoms with Gasteiger partial charge >= 0.3 is 0 Å². The molecule has 0 aromatic carbocycles. The van der Waals surface area contributed by atoms with E-state index in [0.29, 0.717) is 11.6 Å². The van der Waals surface area contributed by atoms with E-state index in [-0.39, 0.29) is 0 Å². The Morgan fingerprint density at radius 3 is 2.73 bits per heavy atom. The van der Waals surface area contributed by atoms with E-state index in [4.69, 9.17) is 32.4 Å². The first kappa shape index (κ1) is 8.73. The van der Waals surface area contributed by atoms with Crippen LogP contribution in [0.3, 0.4) is 0 Å². The highest BCUT2D eigenvalue weighted by Crippen LogP contribution is 2.16. The third kappa shape index (κ3) is 2.03. The molecule has 1 aliphatic heterocycles. The van der Waals surface area contributed by atoms with Gasteiger partial charge < -0.3 is 20.8 Å². The van der Waals surface area contributed by atoms with Crippen LogP contribution in [-0.4, -0.2) is 33.8 Å². The first-order valence-corrected chi connectivity index (χ1v) is 3.49. The molecule has 1 heterocycles. The second-order valence-corrected chi connectivity index (χ2v) is 2.74. The Morgan fingerprint density at radius 2 is 2.36 bits per heavy atom. The van der Waals surface area contributed by atoms with Crippen LogP contribution in [0.1, 0.15) is 6.42 Å². The van der Waals surface area contributed by atoms with E-state index < -0.39 is 18.4 Å². The van der Waals surface area contributed by atoms with Gasteiger partial charge in [0.2, 0.25) is 0 Å². The molecule has 64 valence electrons. The third-order valence-corrected chi connectivity index (χ3v) is 1.65. The van der Waals surface area contributed by atoms with Gasteiger partial charge in [-0.1, -0.05) is 16.8 Å². The predicted octanol–water partition coefficient (Wildman–Crippen LogP) is -1.03. The molecule has 0 bridgehead atoms. The smallest absolute Gasteiger partial charge is 0.170 e. The molecule has 11 heavy (non-hydrogen) atoms. The summed E-state index contributed by atoms with van der Waals surface area (Å²) >= 11 is 5.46. The normalized spacial score (nSPS) is 26.6. The van der Waals surface area contributed by atoms with Crippen molar-refractivity contribution in [3.63, 3.8) is 0 Å². The molecule has 4 N–H and O–H groups in total. The van der Waals surface area contributed by atoms with Crippen LogP contribution in [0.2, 0.25) is 0 Å². The van der Waals surface area contributed by atoms with Crippen LogP contribution in [-0.2, 0) is 4.84 Å². The Hall–Kier alpha value is -0.360. The number of aliphatic hydroxyl groups excluding tert-OH is 1. The Kier molecular flexibility index (Phi) is 2.67. The summed E-state index contributed by atoms with van der Waals surface area (Å²) in [7, 11) is 0. The Bertz CT molecular complexity index is 173. The van der Waals surface area contributed by atoms with Crippen molar-refractivity contribution in [3.8, 4) is 0 Å². The van der Waals surface area contributed by atoms with E-state index in [1.807, 2.05) is 0 Å². The first-order valence-electron chi connectivity index (χ1n) is 3.11. The van der Waals surface area contributed by atoms with Gasteiger partial charge in [0.25, 0.3) is 0 Å². The maximum atomic E-state index is 8.62. The zero-order valence-electron chi connectivity index (χ0n) is 5.64. The molecular weight excluding hydrogens is 172 g/mol. The molecule has 6 heteroatoms. The second kappa shape index (κ2) is 3.36. The predicted molar refractivity (Wildman–Crippen MR) is 39.0 cm³/mol. The molecule has 0 spiro atoms. The van der Waals surface area contributed by atoms with E-state index in [0.717, 1.165) is 0 Å². The van der Waals surface area contributed by atoms with Crippen LogP contribution in [0.5, 0.6) is 0 Å². The highest BCUT2D eigenvalue weighted by molar-refractivity contribution is 6.65. The van der Waals surface area contributed by atoms with Crippen LogP contribution >= 0.6 is 11.6 Å². The molecule has 1 unspecified atom stereocenters. The van der Waals surface area contributed by atoms with Crippen molar-refractivity contribution in [2.75, 3.05) is 0 Å². The lowest BCUT2D eigenvalue weighted by Gasteiger charge is -2.17. The quantitative estimate of drug-likeness (QED) is 0.474. The first-order chi connectivity index (χ1) is 5.11. The number of nitrogens with zero attached hydrogens (tertiary/aromatic N) is 1. The second-order valence-electron chi connectivity index (χ2n) is 2.31. The number of hydrogen-bond acceptors (Lipinski definition) is 5. The van der Waals surface area contributed by atoms with Crippen molar-refractivity contribution >= 4 is 16.8 Å². The third-order valence-electron chi connectivity index (χ3n) is 1.43. The molecule has 0 saturated heterocycles. The van der Waals surface area contributed by atoms with Crippen molar-refractivity contribution in [2.24, 2.45) is 10.9 Å². The zero-order valence-corrected chi connectivity index (χ0v) is 6.40. The lowest BCUT2D eigenvalue weighted by Crippen LogP contribution is -2.44. The SMILES string of the molecule is N[C@H](C(O)O)C1CC(Cl)=NO1. The Labute approximate surface area is 68.4 Å². The fraction of sp³-hybridized carbons (Fsp3) is 0.800. The molecular formula is C5H9ClN2O3. The van der Waals surface area contributed by atoms with Crippen molar-refractivity contribution < 1.29 is 15.1 Å². The summed E-state index contributed by atoms with van der Waals surface area (Å²) < 4.78 is 0. The number of rotatable bonds is 2. The fourth-order valence-corrected chi connectivity index (χ4v) is 0.956. The average molecular weight is 181 g/mol. The van der Waals surface area contributed by atoms with E-state index in [1.54, 1.807) is 0 Å². The summed E-state index contributed by atoms with van der Waals surface area (Å²) in [6, 6.07) is -0.866. The Morgan fingerprint density at radius 1 is 1.73 bits per heavy atom. The van der Waals surface area contributed by atoms with Gasteiger partial charge in [0.1, 0.15) is 5.17 Å². The van der Waals surface area contributed by atoms with Gasteiger partial charge in [0.05, 0.1) is 6.04 Å². The minimum absolute atomic E-state index is 0.297. The van der Waals surface area contributed by atoms with Crippen molar-refractivity contribution in [3.05, 3.63) is 0 Å². The summed E-state index contributed by atoms with van der Waals surface area (Å²) in [4.78, 5) is 4.70. The largest absolute Gasteiger partial charge is 0.389 e. The molecule has 0 fully saturated rings. The molecule has 0 radical (unpaired) electrons. The van der Waals surface area contributed by atoms with Crippen LogP contribution in [0.15, 0.2) is 5.16 Å². The maximum absolute atomic E-state index is 8.62. The number of aliphatic hydroxyl groups is 2. The van der Waals surface area contributed by atoms with Gasteiger partial charge in [-0.05, 0) is 0 Å². The summed E-state index contributed by atoms with van der Waals surface area (Å²) in [6.07, 6.45) is -1.79. The summed E-state index contributed by atoms with van der Waals surface area (Å²) in [5.41, 5.74) is 5.33. The van der Waals surface area contributed by atoms with Gasteiger partial charge in [0.15, 0.2) is 12.4 Å². The number of hydrogen-bond donors (Lipinski definition) is 3. The molecule has 0 aromatic heterocycles.